The molecule has 1 aliphatic rings. The zero-order valence-electron chi connectivity index (χ0n) is 12.8. The number of benzene rings is 1. The Labute approximate surface area is 112 Å². The Morgan fingerprint density at radius 2 is 2.29 bits per heavy atom. The lowest BCUT2D eigenvalue weighted by atomic mass is 9.79. The molecular formula is C14H18ClNO. The minimum Gasteiger partial charge on any atom is -0.499 e. The van der Waals surface area contributed by atoms with Gasteiger partial charge in [0.25, 0.3) is 0 Å². The summed E-state index contributed by atoms with van der Waals surface area (Å²) in [5.74, 6) is 0.618. The molecule has 0 fully saturated rings. The van der Waals surface area contributed by atoms with Crippen molar-refractivity contribution in [3.8, 4) is 0 Å². The monoisotopic (exact) mass is 254 g/mol. The number of hydrogen-bond donors (Lipinski definition) is 1. The fourth-order valence-corrected chi connectivity index (χ4v) is 2.72. The second-order valence-electron chi connectivity index (χ2n) is 4.17. The van der Waals surface area contributed by atoms with E-state index in [4.69, 9.17) is 20.5 Å². The maximum absolute atomic E-state index is 7.57. The molecule has 2 nitrogen and oxygen atoms in total. The number of rotatable bonds is 3. The highest BCUT2D eigenvalue weighted by Crippen LogP contribution is 2.41. The predicted molar refractivity (Wildman–Crippen MR) is 71.1 cm³/mol. The van der Waals surface area contributed by atoms with Crippen molar-refractivity contribution in [3.05, 3.63) is 46.7 Å². The lowest BCUT2D eigenvalue weighted by Crippen LogP contribution is -2.44. The average Bonchev–Trinajstić information content (AvgIpc) is 2.37. The maximum Gasteiger partial charge on any atom is 0.116 e. The van der Waals surface area contributed by atoms with Gasteiger partial charge in [0.15, 0.2) is 0 Å². The molecule has 1 aromatic carbocycles. The number of halogens is 1. The van der Waals surface area contributed by atoms with Gasteiger partial charge >= 0.3 is 0 Å². The second kappa shape index (κ2) is 5.11. The van der Waals surface area contributed by atoms with Crippen LogP contribution in [0.5, 0.6) is 0 Å². The van der Waals surface area contributed by atoms with Crippen molar-refractivity contribution < 1.29 is 8.85 Å². The van der Waals surface area contributed by atoms with E-state index in [9.17, 15) is 0 Å². The van der Waals surface area contributed by atoms with Gasteiger partial charge in [-0.25, -0.2) is 0 Å². The minimum absolute atomic E-state index is 0.536. The Bertz CT molecular complexity index is 515. The number of allylic oxidation sites excluding steroid dienone is 1. The quantitative estimate of drug-likeness (QED) is 0.892. The molecule has 0 heterocycles. The third-order valence-electron chi connectivity index (χ3n) is 3.27. The van der Waals surface area contributed by atoms with Crippen LogP contribution in [-0.2, 0) is 10.3 Å². The minimum atomic E-state index is -2.28. The van der Waals surface area contributed by atoms with Gasteiger partial charge in [-0.1, -0.05) is 29.8 Å². The molecule has 0 aromatic heterocycles. The molecule has 0 radical (unpaired) electrons. The smallest absolute Gasteiger partial charge is 0.116 e. The molecule has 1 aromatic rings. The van der Waals surface area contributed by atoms with Gasteiger partial charge in [-0.05, 0) is 43.9 Å². The first-order valence-corrected chi connectivity index (χ1v) is 6.06. The van der Waals surface area contributed by atoms with E-state index in [1.54, 1.807) is 13.2 Å². The summed E-state index contributed by atoms with van der Waals surface area (Å²) in [6, 6.07) is 7.29. The summed E-state index contributed by atoms with van der Waals surface area (Å²) in [6.07, 6.45) is 4.32. The van der Waals surface area contributed by atoms with Gasteiger partial charge in [-0.15, -0.1) is 0 Å². The van der Waals surface area contributed by atoms with Crippen molar-refractivity contribution in [2.75, 3.05) is 14.1 Å². The van der Waals surface area contributed by atoms with Gasteiger partial charge in [0.1, 0.15) is 11.3 Å². The summed E-state index contributed by atoms with van der Waals surface area (Å²) < 4.78 is 28.2. The Balaban J connectivity index is 2.58. The Kier molecular flexibility index (Phi) is 2.71. The molecule has 0 bridgehead atoms. The van der Waals surface area contributed by atoms with Crippen LogP contribution in [0, 0.1) is 0 Å². The van der Waals surface area contributed by atoms with Gasteiger partial charge in [0.05, 0.1) is 7.11 Å². The molecule has 2 rings (SSSR count). The third kappa shape index (κ3) is 2.07. The van der Waals surface area contributed by atoms with Crippen molar-refractivity contribution in [1.82, 2.24) is 5.32 Å². The molecule has 17 heavy (non-hydrogen) atoms. The van der Waals surface area contributed by atoms with Crippen LogP contribution in [-0.4, -0.2) is 14.1 Å². The van der Waals surface area contributed by atoms with Crippen molar-refractivity contribution in [2.45, 2.75) is 24.8 Å². The highest BCUT2D eigenvalue weighted by atomic mass is 35.5. The van der Waals surface area contributed by atoms with E-state index in [2.05, 4.69) is 5.32 Å². The lowest BCUT2D eigenvalue weighted by molar-refractivity contribution is 0.179. The van der Waals surface area contributed by atoms with Crippen LogP contribution in [0.1, 0.15) is 28.9 Å². The Morgan fingerprint density at radius 3 is 3.00 bits per heavy atom. The van der Waals surface area contributed by atoms with E-state index in [0.29, 0.717) is 17.2 Å². The number of methoxy groups -OCH3 is 1. The predicted octanol–water partition coefficient (Wildman–Crippen LogP) is 3.47. The first kappa shape index (κ1) is 9.01. The van der Waals surface area contributed by atoms with Gasteiger partial charge in [0, 0.05) is 9.13 Å². The fraction of sp³-hybridized carbons (Fsp3) is 0.429. The van der Waals surface area contributed by atoms with Gasteiger partial charge in [-0.3, -0.25) is 0 Å². The van der Waals surface area contributed by atoms with Crippen LogP contribution >= 0.6 is 11.6 Å². The van der Waals surface area contributed by atoms with Gasteiger partial charge < -0.3 is 10.1 Å². The number of hydrogen-bond acceptors (Lipinski definition) is 2. The maximum atomic E-state index is 7.57. The summed E-state index contributed by atoms with van der Waals surface area (Å²) in [5.41, 5.74) is -0.151. The highest BCUT2D eigenvalue weighted by molar-refractivity contribution is 6.31. The molecule has 0 amide bonds. The van der Waals surface area contributed by atoms with Crippen molar-refractivity contribution in [3.63, 3.8) is 0 Å². The van der Waals surface area contributed by atoms with E-state index in [1.165, 1.54) is 0 Å². The van der Waals surface area contributed by atoms with Gasteiger partial charge in [0.2, 0.25) is 0 Å². The first-order chi connectivity index (χ1) is 9.39. The van der Waals surface area contributed by atoms with E-state index >= 15 is 0 Å². The molecule has 1 N–H and O–H groups in total. The van der Waals surface area contributed by atoms with E-state index in [0.717, 1.165) is 18.4 Å². The lowest BCUT2D eigenvalue weighted by Gasteiger charge is -2.38. The largest absolute Gasteiger partial charge is 0.499 e. The van der Waals surface area contributed by atoms with Crippen LogP contribution in [0.3, 0.4) is 0 Å². The molecule has 3 heteroatoms. The number of nitrogens with one attached hydrogen (secondary N) is 1. The summed E-state index contributed by atoms with van der Waals surface area (Å²) in [5, 5.41) is 3.29. The Morgan fingerprint density at radius 1 is 1.47 bits per heavy atom. The molecule has 92 valence electrons. The normalized spacial score (nSPS) is 27.6. The average molecular weight is 255 g/mol. The van der Waals surface area contributed by atoms with Gasteiger partial charge in [-0.2, -0.15) is 0 Å². The van der Waals surface area contributed by atoms with Crippen LogP contribution in [0.4, 0.5) is 0 Å². The SMILES string of the molecule is [2H]C([2H])([2H])N[C@]1(c2ccccc2Cl)CCCC=C1OC. The van der Waals surface area contributed by atoms with E-state index in [1.807, 2.05) is 24.3 Å². The molecule has 0 spiro atoms. The zero-order valence-corrected chi connectivity index (χ0v) is 10.6. The topological polar surface area (TPSA) is 21.3 Å². The summed E-state index contributed by atoms with van der Waals surface area (Å²) in [6.45, 7) is -2.28. The molecule has 0 aliphatic heterocycles. The van der Waals surface area contributed by atoms with Crippen LogP contribution in [0.2, 0.25) is 5.02 Å². The molecule has 0 saturated heterocycles. The molecular weight excluding hydrogens is 234 g/mol. The fourth-order valence-electron chi connectivity index (χ4n) is 2.42. The van der Waals surface area contributed by atoms with Crippen molar-refractivity contribution in [2.24, 2.45) is 0 Å². The zero-order chi connectivity index (χ0) is 14.8. The van der Waals surface area contributed by atoms with E-state index in [-0.39, 0.29) is 0 Å². The molecule has 1 aliphatic carbocycles. The highest BCUT2D eigenvalue weighted by Gasteiger charge is 2.38. The number of ether oxygens (including phenoxy) is 1. The van der Waals surface area contributed by atoms with Crippen LogP contribution < -0.4 is 5.32 Å². The van der Waals surface area contributed by atoms with Crippen LogP contribution in [0.25, 0.3) is 0 Å². The summed E-state index contributed by atoms with van der Waals surface area (Å²) >= 11 is 6.29. The third-order valence-corrected chi connectivity index (χ3v) is 3.60. The van der Waals surface area contributed by atoms with Crippen molar-refractivity contribution in [1.29, 1.82) is 0 Å². The standard InChI is InChI=1S/C14H18ClNO/c1-16-14(10-6-5-9-13(14)17-2)11-7-3-4-8-12(11)15/h3-4,7-9,16H,5-6,10H2,1-2H3/t14-/m0/s1/i1D3. The van der Waals surface area contributed by atoms with Crippen molar-refractivity contribution >= 4 is 11.6 Å². The number of likely N-dealkylation sites (N-methyl/N-ethyl adjacent to an activating group) is 1. The summed E-state index contributed by atoms with van der Waals surface area (Å²) in [4.78, 5) is 0. The summed E-state index contributed by atoms with van der Waals surface area (Å²) in [7, 11) is 1.56. The molecule has 0 saturated carbocycles. The molecule has 1 atom stereocenters. The Hall–Kier alpha value is -0.990. The second-order valence-corrected chi connectivity index (χ2v) is 4.58. The van der Waals surface area contributed by atoms with E-state index < -0.39 is 12.5 Å². The molecule has 0 unspecified atom stereocenters. The van der Waals surface area contributed by atoms with Crippen LogP contribution in [0.15, 0.2) is 36.1 Å². The first-order valence-electron chi connectivity index (χ1n) is 7.18.